The fourth-order valence-corrected chi connectivity index (χ4v) is 2.37. The number of carbonyl (C=O) groups excluding carboxylic acids is 2. The third-order valence-corrected chi connectivity index (χ3v) is 3.56. The van der Waals surface area contributed by atoms with Crippen molar-refractivity contribution in [2.75, 3.05) is 30.8 Å². The molecule has 10 heteroatoms. The first-order chi connectivity index (χ1) is 13.1. The van der Waals surface area contributed by atoms with Crippen molar-refractivity contribution in [3.05, 3.63) is 59.7 Å². The summed E-state index contributed by atoms with van der Waals surface area (Å²) in [6, 6.07) is 7.53. The Hall–Kier alpha value is -3.01. The van der Waals surface area contributed by atoms with Gasteiger partial charge in [-0.3, -0.25) is 14.5 Å². The van der Waals surface area contributed by atoms with E-state index in [1.54, 1.807) is 0 Å². The van der Waals surface area contributed by atoms with Crippen molar-refractivity contribution in [2.24, 2.45) is 0 Å². The van der Waals surface area contributed by atoms with Gasteiger partial charge in [0.15, 0.2) is 0 Å². The normalized spacial score (nSPS) is 11.4. The van der Waals surface area contributed by atoms with Crippen LogP contribution in [-0.2, 0) is 15.8 Å². The Balaban J connectivity index is 1.94. The number of nitrogens with one attached hydrogen (secondary N) is 2. The van der Waals surface area contributed by atoms with Crippen LogP contribution < -0.4 is 10.6 Å². The van der Waals surface area contributed by atoms with E-state index in [1.807, 2.05) is 0 Å². The molecule has 0 fully saturated rings. The minimum Gasteiger partial charge on any atom is -0.324 e. The lowest BCUT2D eigenvalue weighted by atomic mass is 10.1. The van der Waals surface area contributed by atoms with E-state index in [0.29, 0.717) is 0 Å². The Kier molecular flexibility index (Phi) is 6.68. The van der Waals surface area contributed by atoms with Crippen LogP contribution in [0.4, 0.5) is 33.3 Å². The van der Waals surface area contributed by atoms with E-state index in [0.717, 1.165) is 30.3 Å². The molecule has 0 heterocycles. The monoisotopic (exact) mass is 401 g/mol. The van der Waals surface area contributed by atoms with Crippen molar-refractivity contribution >= 4 is 23.2 Å². The Labute approximate surface area is 157 Å². The second-order valence-corrected chi connectivity index (χ2v) is 5.91. The molecule has 5 nitrogen and oxygen atoms in total. The van der Waals surface area contributed by atoms with E-state index >= 15 is 0 Å². The van der Waals surface area contributed by atoms with Gasteiger partial charge in [-0.05, 0) is 31.3 Å². The van der Waals surface area contributed by atoms with Gasteiger partial charge < -0.3 is 10.6 Å². The summed E-state index contributed by atoms with van der Waals surface area (Å²) in [5.41, 5.74) is -2.03. The van der Waals surface area contributed by atoms with Gasteiger partial charge in [0, 0.05) is 0 Å². The first kappa shape index (κ1) is 21.3. The predicted molar refractivity (Wildman–Crippen MR) is 92.6 cm³/mol. The highest BCUT2D eigenvalue weighted by Crippen LogP contribution is 2.34. The van der Waals surface area contributed by atoms with Crippen LogP contribution in [0.15, 0.2) is 42.5 Å². The van der Waals surface area contributed by atoms with Crippen LogP contribution in [0.25, 0.3) is 0 Å². The zero-order valence-electron chi connectivity index (χ0n) is 14.6. The number of carbonyl (C=O) groups is 2. The second kappa shape index (κ2) is 8.79. The zero-order chi connectivity index (χ0) is 20.9. The maximum atomic E-state index is 13.5. The van der Waals surface area contributed by atoms with Crippen molar-refractivity contribution in [3.8, 4) is 0 Å². The van der Waals surface area contributed by atoms with E-state index < -0.39 is 59.7 Å². The maximum absolute atomic E-state index is 13.5. The molecule has 2 amide bonds. The number of likely N-dealkylation sites (N-methyl/N-ethyl adjacent to an activating group) is 1. The van der Waals surface area contributed by atoms with Gasteiger partial charge in [0.1, 0.15) is 17.3 Å². The van der Waals surface area contributed by atoms with E-state index in [1.165, 1.54) is 24.1 Å². The number of rotatable bonds is 6. The van der Waals surface area contributed by atoms with Crippen molar-refractivity contribution < 1.29 is 31.5 Å². The molecule has 0 aliphatic carbocycles. The maximum Gasteiger partial charge on any atom is 0.418 e. The minimum absolute atomic E-state index is 0.411. The lowest BCUT2D eigenvalue weighted by Crippen LogP contribution is -2.36. The molecule has 150 valence electrons. The smallest absolute Gasteiger partial charge is 0.324 e. The number of hydrogen-bond acceptors (Lipinski definition) is 3. The van der Waals surface area contributed by atoms with Crippen molar-refractivity contribution in [1.29, 1.82) is 0 Å². The van der Waals surface area contributed by atoms with Gasteiger partial charge in [0.25, 0.3) is 0 Å². The molecule has 2 aromatic carbocycles. The first-order valence-electron chi connectivity index (χ1n) is 7.96. The van der Waals surface area contributed by atoms with Crippen molar-refractivity contribution in [1.82, 2.24) is 4.90 Å². The van der Waals surface area contributed by atoms with E-state index in [2.05, 4.69) is 10.6 Å². The highest BCUT2D eigenvalue weighted by Gasteiger charge is 2.33. The summed E-state index contributed by atoms with van der Waals surface area (Å²) in [6.45, 7) is -0.832. The molecule has 0 bridgehead atoms. The van der Waals surface area contributed by atoms with E-state index in [9.17, 15) is 31.5 Å². The number of para-hydroxylation sites is 2. The number of anilines is 2. The van der Waals surface area contributed by atoms with E-state index in [-0.39, 0.29) is 0 Å². The van der Waals surface area contributed by atoms with Gasteiger partial charge in [0.2, 0.25) is 11.8 Å². The second-order valence-electron chi connectivity index (χ2n) is 5.91. The number of benzene rings is 2. The lowest BCUT2D eigenvalue weighted by Gasteiger charge is -2.18. The molecule has 0 aliphatic rings. The van der Waals surface area contributed by atoms with Crippen LogP contribution >= 0.6 is 0 Å². The fraction of sp³-hybridized carbons (Fsp3) is 0.222. The van der Waals surface area contributed by atoms with Gasteiger partial charge in [-0.1, -0.05) is 18.2 Å². The molecule has 0 saturated carbocycles. The molecule has 28 heavy (non-hydrogen) atoms. The lowest BCUT2D eigenvalue weighted by molar-refractivity contribution is -0.137. The van der Waals surface area contributed by atoms with Crippen LogP contribution in [0.2, 0.25) is 0 Å². The van der Waals surface area contributed by atoms with Crippen LogP contribution in [0.3, 0.4) is 0 Å². The molecule has 2 rings (SSSR count). The quantitative estimate of drug-likeness (QED) is 0.729. The number of amides is 2. The molecule has 0 saturated heterocycles. The number of alkyl halides is 3. The average molecular weight is 401 g/mol. The molecule has 0 aromatic heterocycles. The summed E-state index contributed by atoms with van der Waals surface area (Å²) >= 11 is 0. The van der Waals surface area contributed by atoms with Gasteiger partial charge in [-0.25, -0.2) is 8.78 Å². The number of hydrogen-bond donors (Lipinski definition) is 2. The highest BCUT2D eigenvalue weighted by atomic mass is 19.4. The van der Waals surface area contributed by atoms with Crippen molar-refractivity contribution in [3.63, 3.8) is 0 Å². The van der Waals surface area contributed by atoms with Crippen LogP contribution in [0.1, 0.15) is 5.56 Å². The van der Waals surface area contributed by atoms with E-state index in [4.69, 9.17) is 0 Å². The summed E-state index contributed by atoms with van der Waals surface area (Å²) in [5.74, 6) is -3.51. The Bertz CT molecular complexity index is 850. The molecule has 0 spiro atoms. The van der Waals surface area contributed by atoms with Gasteiger partial charge in [-0.2, -0.15) is 13.2 Å². The third kappa shape index (κ3) is 5.74. The Morgan fingerprint density at radius 3 is 2.00 bits per heavy atom. The number of nitrogens with zero attached hydrogens (tertiary/aromatic N) is 1. The van der Waals surface area contributed by atoms with Crippen LogP contribution in [0, 0.1) is 11.6 Å². The van der Waals surface area contributed by atoms with Crippen LogP contribution in [0.5, 0.6) is 0 Å². The van der Waals surface area contributed by atoms with Gasteiger partial charge in [0.05, 0.1) is 24.3 Å². The molecular weight excluding hydrogens is 385 g/mol. The Morgan fingerprint density at radius 2 is 1.43 bits per heavy atom. The fourth-order valence-electron chi connectivity index (χ4n) is 2.37. The summed E-state index contributed by atoms with van der Waals surface area (Å²) in [6.07, 6.45) is -4.64. The predicted octanol–water partition coefficient (Wildman–Crippen LogP) is 3.49. The molecule has 0 atom stereocenters. The zero-order valence-corrected chi connectivity index (χ0v) is 14.6. The van der Waals surface area contributed by atoms with Gasteiger partial charge in [-0.15, -0.1) is 0 Å². The summed E-state index contributed by atoms with van der Waals surface area (Å²) in [7, 11) is 1.35. The molecular formula is C18H16F5N3O2. The molecule has 0 radical (unpaired) electrons. The number of halogens is 5. The van der Waals surface area contributed by atoms with Crippen molar-refractivity contribution in [2.45, 2.75) is 6.18 Å². The summed E-state index contributed by atoms with van der Waals surface area (Å²) < 4.78 is 65.8. The summed E-state index contributed by atoms with van der Waals surface area (Å²) in [4.78, 5) is 25.0. The average Bonchev–Trinajstić information content (AvgIpc) is 2.57. The first-order valence-corrected chi connectivity index (χ1v) is 7.96. The minimum atomic E-state index is -4.64. The summed E-state index contributed by atoms with van der Waals surface area (Å²) in [5, 5.41) is 4.19. The molecule has 0 unspecified atom stereocenters. The molecule has 0 aliphatic heterocycles. The Morgan fingerprint density at radius 1 is 0.893 bits per heavy atom. The van der Waals surface area contributed by atoms with Gasteiger partial charge >= 0.3 is 6.18 Å². The largest absolute Gasteiger partial charge is 0.418 e. The third-order valence-electron chi connectivity index (χ3n) is 3.56. The topological polar surface area (TPSA) is 61.4 Å². The molecule has 2 aromatic rings. The standard InChI is InChI=1S/C18H16F5N3O2/c1-26(10-16(28)25-17-12(19)6-4-7-13(17)20)9-15(27)24-14-8-3-2-5-11(14)18(21,22)23/h2-8H,9-10H2,1H3,(H,24,27)(H,25,28). The van der Waals surface area contributed by atoms with Crippen LogP contribution in [-0.4, -0.2) is 36.9 Å². The molecule has 2 N–H and O–H groups in total. The highest BCUT2D eigenvalue weighted by molar-refractivity contribution is 5.95. The SMILES string of the molecule is CN(CC(=O)Nc1ccccc1C(F)(F)F)CC(=O)Nc1c(F)cccc1F.